The molecule has 11 heavy (non-hydrogen) atoms. The lowest BCUT2D eigenvalue weighted by atomic mass is 9.83. The standard InChI is InChI=1S/C9H16O2/c1-9(5-3-4-6-9)8(7-10)11-2/h7-8H,3-6H2,1-2H3. The first-order valence-corrected chi connectivity index (χ1v) is 4.21. The molecule has 0 aromatic carbocycles. The third kappa shape index (κ3) is 1.62. The van der Waals surface area contributed by atoms with Crippen molar-refractivity contribution in [3.63, 3.8) is 0 Å². The van der Waals surface area contributed by atoms with Gasteiger partial charge in [0.05, 0.1) is 0 Å². The minimum atomic E-state index is -0.190. The van der Waals surface area contributed by atoms with E-state index in [2.05, 4.69) is 6.92 Å². The first-order valence-electron chi connectivity index (χ1n) is 4.21. The van der Waals surface area contributed by atoms with E-state index in [1.807, 2.05) is 0 Å². The molecule has 0 saturated heterocycles. The summed E-state index contributed by atoms with van der Waals surface area (Å²) in [5, 5.41) is 0. The van der Waals surface area contributed by atoms with Gasteiger partial charge in [-0.05, 0) is 12.8 Å². The van der Waals surface area contributed by atoms with Gasteiger partial charge in [-0.15, -0.1) is 0 Å². The molecular weight excluding hydrogens is 140 g/mol. The summed E-state index contributed by atoms with van der Waals surface area (Å²) in [7, 11) is 1.61. The predicted octanol–water partition coefficient (Wildman–Crippen LogP) is 1.78. The van der Waals surface area contributed by atoms with Crippen LogP contribution in [0.1, 0.15) is 32.6 Å². The summed E-state index contributed by atoms with van der Waals surface area (Å²) >= 11 is 0. The van der Waals surface area contributed by atoms with E-state index in [1.54, 1.807) is 7.11 Å². The molecule has 0 aromatic rings. The Labute approximate surface area is 67.9 Å². The zero-order chi connectivity index (χ0) is 8.32. The first kappa shape index (κ1) is 8.72. The number of rotatable bonds is 3. The van der Waals surface area contributed by atoms with Crippen molar-refractivity contribution in [2.75, 3.05) is 7.11 Å². The van der Waals surface area contributed by atoms with Crippen molar-refractivity contribution in [3.8, 4) is 0 Å². The van der Waals surface area contributed by atoms with Gasteiger partial charge >= 0.3 is 0 Å². The molecule has 0 radical (unpaired) electrons. The van der Waals surface area contributed by atoms with Gasteiger partial charge in [0, 0.05) is 12.5 Å². The third-order valence-corrected chi connectivity index (χ3v) is 2.81. The minimum Gasteiger partial charge on any atom is -0.373 e. The molecule has 1 aliphatic rings. The third-order valence-electron chi connectivity index (χ3n) is 2.81. The van der Waals surface area contributed by atoms with Crippen molar-refractivity contribution >= 4 is 6.29 Å². The number of ether oxygens (including phenoxy) is 1. The van der Waals surface area contributed by atoms with Crippen LogP contribution >= 0.6 is 0 Å². The van der Waals surface area contributed by atoms with Crippen molar-refractivity contribution in [2.45, 2.75) is 38.7 Å². The highest BCUT2D eigenvalue weighted by Crippen LogP contribution is 2.40. The molecule has 2 heteroatoms. The molecule has 1 rings (SSSR count). The van der Waals surface area contributed by atoms with Crippen LogP contribution in [0.25, 0.3) is 0 Å². The summed E-state index contributed by atoms with van der Waals surface area (Å²) in [5.74, 6) is 0. The van der Waals surface area contributed by atoms with E-state index in [0.29, 0.717) is 0 Å². The smallest absolute Gasteiger partial charge is 0.149 e. The Hall–Kier alpha value is -0.370. The Bertz CT molecular complexity index is 136. The Kier molecular flexibility index (Phi) is 2.66. The van der Waals surface area contributed by atoms with E-state index in [0.717, 1.165) is 19.1 Å². The fourth-order valence-electron chi connectivity index (χ4n) is 1.97. The summed E-state index contributed by atoms with van der Waals surface area (Å²) < 4.78 is 5.12. The van der Waals surface area contributed by atoms with Gasteiger partial charge in [-0.3, -0.25) is 0 Å². The molecule has 0 N–H and O–H groups in total. The summed E-state index contributed by atoms with van der Waals surface area (Å²) in [5.41, 5.74) is 0.122. The van der Waals surface area contributed by atoms with Crippen LogP contribution in [-0.4, -0.2) is 19.5 Å². The SMILES string of the molecule is COC(C=O)C1(C)CCCC1. The van der Waals surface area contributed by atoms with Gasteiger partial charge in [0.25, 0.3) is 0 Å². The maximum Gasteiger partial charge on any atom is 0.149 e. The summed E-state index contributed by atoms with van der Waals surface area (Å²) in [6.45, 7) is 2.14. The van der Waals surface area contributed by atoms with E-state index in [1.165, 1.54) is 12.8 Å². The normalized spacial score (nSPS) is 24.9. The van der Waals surface area contributed by atoms with Crippen molar-refractivity contribution in [3.05, 3.63) is 0 Å². The van der Waals surface area contributed by atoms with Crippen LogP contribution in [0, 0.1) is 5.41 Å². The average molecular weight is 156 g/mol. The maximum absolute atomic E-state index is 10.6. The summed E-state index contributed by atoms with van der Waals surface area (Å²) in [4.78, 5) is 10.6. The Morgan fingerprint density at radius 1 is 1.45 bits per heavy atom. The summed E-state index contributed by atoms with van der Waals surface area (Å²) in [6.07, 6.45) is 5.48. The monoisotopic (exact) mass is 156 g/mol. The molecule has 0 amide bonds. The molecule has 0 heterocycles. The van der Waals surface area contributed by atoms with Gasteiger partial charge in [0.2, 0.25) is 0 Å². The number of aldehydes is 1. The van der Waals surface area contributed by atoms with Crippen LogP contribution in [0.5, 0.6) is 0 Å². The molecule has 0 aromatic heterocycles. The lowest BCUT2D eigenvalue weighted by Gasteiger charge is -2.28. The molecule has 1 atom stereocenters. The summed E-state index contributed by atoms with van der Waals surface area (Å²) in [6, 6.07) is 0. The molecule has 0 bridgehead atoms. The number of hydrogen-bond donors (Lipinski definition) is 0. The highest BCUT2D eigenvalue weighted by molar-refractivity contribution is 5.57. The first-order chi connectivity index (χ1) is 5.23. The topological polar surface area (TPSA) is 26.3 Å². The zero-order valence-corrected chi connectivity index (χ0v) is 7.30. The fourth-order valence-corrected chi connectivity index (χ4v) is 1.97. The van der Waals surface area contributed by atoms with Crippen molar-refractivity contribution in [2.24, 2.45) is 5.41 Å². The van der Waals surface area contributed by atoms with Gasteiger partial charge < -0.3 is 9.53 Å². The highest BCUT2D eigenvalue weighted by atomic mass is 16.5. The molecule has 0 spiro atoms. The van der Waals surface area contributed by atoms with Crippen LogP contribution in [0.4, 0.5) is 0 Å². The van der Waals surface area contributed by atoms with Gasteiger partial charge in [0.1, 0.15) is 12.4 Å². The van der Waals surface area contributed by atoms with E-state index in [4.69, 9.17) is 4.74 Å². The Balaban J connectivity index is 2.60. The van der Waals surface area contributed by atoms with Crippen LogP contribution < -0.4 is 0 Å². The molecule has 0 aliphatic heterocycles. The number of methoxy groups -OCH3 is 1. The zero-order valence-electron chi connectivity index (χ0n) is 7.30. The molecule has 1 unspecified atom stereocenters. The second-order valence-electron chi connectivity index (χ2n) is 3.65. The van der Waals surface area contributed by atoms with Crippen LogP contribution in [-0.2, 0) is 9.53 Å². The quantitative estimate of drug-likeness (QED) is 0.582. The number of hydrogen-bond acceptors (Lipinski definition) is 2. The van der Waals surface area contributed by atoms with Crippen molar-refractivity contribution in [1.82, 2.24) is 0 Å². The van der Waals surface area contributed by atoms with Gasteiger partial charge in [-0.2, -0.15) is 0 Å². The van der Waals surface area contributed by atoms with Crippen LogP contribution in [0.15, 0.2) is 0 Å². The van der Waals surface area contributed by atoms with Crippen molar-refractivity contribution < 1.29 is 9.53 Å². The van der Waals surface area contributed by atoms with Crippen LogP contribution in [0.2, 0.25) is 0 Å². The molecular formula is C9H16O2. The van der Waals surface area contributed by atoms with E-state index in [9.17, 15) is 4.79 Å². The van der Waals surface area contributed by atoms with E-state index < -0.39 is 0 Å². The Morgan fingerprint density at radius 2 is 2.00 bits per heavy atom. The number of carbonyl (C=O) groups is 1. The second kappa shape index (κ2) is 3.35. The highest BCUT2D eigenvalue weighted by Gasteiger charge is 2.36. The average Bonchev–Trinajstić information content (AvgIpc) is 2.39. The van der Waals surface area contributed by atoms with Crippen molar-refractivity contribution in [1.29, 1.82) is 0 Å². The predicted molar refractivity (Wildman–Crippen MR) is 43.4 cm³/mol. The van der Waals surface area contributed by atoms with Gasteiger partial charge in [0.15, 0.2) is 0 Å². The largest absolute Gasteiger partial charge is 0.373 e. The van der Waals surface area contributed by atoms with Gasteiger partial charge in [-0.25, -0.2) is 0 Å². The minimum absolute atomic E-state index is 0.122. The van der Waals surface area contributed by atoms with E-state index in [-0.39, 0.29) is 11.5 Å². The Morgan fingerprint density at radius 3 is 2.36 bits per heavy atom. The fraction of sp³-hybridized carbons (Fsp3) is 0.889. The molecule has 1 fully saturated rings. The molecule has 1 aliphatic carbocycles. The molecule has 64 valence electrons. The van der Waals surface area contributed by atoms with E-state index >= 15 is 0 Å². The number of carbonyl (C=O) groups excluding carboxylic acids is 1. The lowest BCUT2D eigenvalue weighted by molar-refractivity contribution is -0.123. The van der Waals surface area contributed by atoms with Gasteiger partial charge in [-0.1, -0.05) is 19.8 Å². The lowest BCUT2D eigenvalue weighted by Crippen LogP contribution is -2.32. The molecule has 1 saturated carbocycles. The second-order valence-corrected chi connectivity index (χ2v) is 3.65. The molecule has 2 nitrogen and oxygen atoms in total. The van der Waals surface area contributed by atoms with Crippen LogP contribution in [0.3, 0.4) is 0 Å². The maximum atomic E-state index is 10.6.